The van der Waals surface area contributed by atoms with Crippen molar-refractivity contribution in [2.45, 2.75) is 24.7 Å². The molecule has 2 atom stereocenters. The largest absolute Gasteiger partial charge is 0.594 e. The smallest absolute Gasteiger partial charge is 0.287 e. The maximum Gasteiger partial charge on any atom is 0.287 e. The summed E-state index contributed by atoms with van der Waals surface area (Å²) >= 11 is 0. The van der Waals surface area contributed by atoms with Gasteiger partial charge in [0.25, 0.3) is 17.4 Å². The van der Waals surface area contributed by atoms with Crippen LogP contribution in [0.3, 0.4) is 0 Å². The van der Waals surface area contributed by atoms with Gasteiger partial charge in [-0.1, -0.05) is 12.1 Å². The van der Waals surface area contributed by atoms with Crippen molar-refractivity contribution >= 4 is 11.5 Å². The predicted molar refractivity (Wildman–Crippen MR) is 102 cm³/mol. The molecule has 1 aliphatic carbocycles. The van der Waals surface area contributed by atoms with Gasteiger partial charge in [0.1, 0.15) is 11.8 Å². The lowest BCUT2D eigenvalue weighted by Gasteiger charge is -2.24. The van der Waals surface area contributed by atoms with Gasteiger partial charge in [-0.15, -0.1) is 0 Å². The lowest BCUT2D eigenvalue weighted by atomic mass is 9.97. The van der Waals surface area contributed by atoms with Crippen molar-refractivity contribution in [3.63, 3.8) is 0 Å². The van der Waals surface area contributed by atoms with Gasteiger partial charge in [-0.25, -0.2) is 0 Å². The zero-order valence-corrected chi connectivity index (χ0v) is 16.0. The molecule has 0 saturated carbocycles. The summed E-state index contributed by atoms with van der Waals surface area (Å²) in [5.74, 6) is 0.205. The number of hydrogen-bond acceptors (Lipinski definition) is 6. The maximum atomic E-state index is 13.3. The standard InChI is InChI=1S/C20H20N2O7/c1-27-14-5-3-12(4-6-14)13-9-20(11-29-20)21(10-13)19(24)15-7-18(28-2)17(23)8-16(15)22(25)26/h3-6,8,10,18,23H,7,9,11H2,1-2H3/p+1/t18?,20-/m1/s1. The topological polar surface area (TPSA) is 117 Å². The second-order valence-electron chi connectivity index (χ2n) is 7.12. The fourth-order valence-electron chi connectivity index (χ4n) is 3.69. The van der Waals surface area contributed by atoms with E-state index < -0.39 is 22.7 Å². The zero-order chi connectivity index (χ0) is 20.8. The summed E-state index contributed by atoms with van der Waals surface area (Å²) in [5.41, 5.74) is 0.674. The van der Waals surface area contributed by atoms with E-state index in [9.17, 15) is 14.9 Å². The molecule has 1 unspecified atom stereocenters. The van der Waals surface area contributed by atoms with Crippen LogP contribution in [0.25, 0.3) is 5.57 Å². The van der Waals surface area contributed by atoms with Crippen molar-refractivity contribution in [1.82, 2.24) is 4.90 Å². The van der Waals surface area contributed by atoms with Crippen LogP contribution in [0.2, 0.25) is 0 Å². The van der Waals surface area contributed by atoms with Gasteiger partial charge in [0.2, 0.25) is 0 Å². The van der Waals surface area contributed by atoms with E-state index in [-0.39, 0.29) is 23.5 Å². The molecule has 0 bridgehead atoms. The highest BCUT2D eigenvalue weighted by atomic mass is 16.6. The van der Waals surface area contributed by atoms with Crippen LogP contribution in [0.5, 0.6) is 5.75 Å². The quantitative estimate of drug-likeness (QED) is 0.320. The van der Waals surface area contributed by atoms with Gasteiger partial charge in [0, 0.05) is 26.2 Å². The van der Waals surface area contributed by atoms with Gasteiger partial charge in [-0.2, -0.15) is 0 Å². The van der Waals surface area contributed by atoms with Crippen LogP contribution in [0.15, 0.2) is 53.6 Å². The first-order chi connectivity index (χ1) is 13.9. The average molecular weight is 401 g/mol. The molecular formula is C20H21N2O7+. The SMILES string of the molecule is COc1ccc(C2=CN(C(=O)C3=C([N+](=O)[O-])C=C([OH2+])C(OC)C3)[C@]3(CO3)C2)cc1. The highest BCUT2D eigenvalue weighted by Gasteiger charge is 2.57. The Morgan fingerprint density at radius 1 is 1.34 bits per heavy atom. The van der Waals surface area contributed by atoms with Gasteiger partial charge < -0.3 is 19.3 Å². The highest BCUT2D eigenvalue weighted by Crippen LogP contribution is 2.47. The third-order valence-corrected chi connectivity index (χ3v) is 5.43. The lowest BCUT2D eigenvalue weighted by Crippen LogP contribution is -2.39. The van der Waals surface area contributed by atoms with Crippen molar-refractivity contribution in [3.8, 4) is 5.75 Å². The minimum atomic E-state index is -0.797. The van der Waals surface area contributed by atoms with E-state index in [1.165, 1.54) is 12.0 Å². The van der Waals surface area contributed by atoms with Crippen molar-refractivity contribution in [3.05, 3.63) is 69.2 Å². The van der Waals surface area contributed by atoms with E-state index in [1.807, 2.05) is 24.3 Å². The van der Waals surface area contributed by atoms with Gasteiger partial charge in [-0.3, -0.25) is 19.8 Å². The summed E-state index contributed by atoms with van der Waals surface area (Å²) in [4.78, 5) is 25.6. The molecule has 2 heterocycles. The average Bonchev–Trinajstić information content (AvgIpc) is 3.39. The number of ether oxygens (including phenoxy) is 3. The molecule has 1 saturated heterocycles. The minimum absolute atomic E-state index is 0.0138. The van der Waals surface area contributed by atoms with Crippen LogP contribution < -0.4 is 4.74 Å². The Morgan fingerprint density at radius 3 is 2.59 bits per heavy atom. The third kappa shape index (κ3) is 3.28. The molecule has 152 valence electrons. The van der Waals surface area contributed by atoms with E-state index in [0.717, 1.165) is 23.0 Å². The summed E-state index contributed by atoms with van der Waals surface area (Å²) in [6, 6.07) is 7.46. The summed E-state index contributed by atoms with van der Waals surface area (Å²) in [7, 11) is 3.00. The Labute approximate surface area is 166 Å². The number of carbonyl (C=O) groups is 1. The molecule has 4 rings (SSSR count). The number of rotatable bonds is 5. The number of methoxy groups -OCH3 is 2. The third-order valence-electron chi connectivity index (χ3n) is 5.43. The van der Waals surface area contributed by atoms with Crippen molar-refractivity contribution < 1.29 is 29.0 Å². The number of epoxide rings is 1. The highest BCUT2D eigenvalue weighted by molar-refractivity contribution is 5.97. The molecule has 9 nitrogen and oxygen atoms in total. The Kier molecular flexibility index (Phi) is 4.64. The maximum absolute atomic E-state index is 13.3. The fraction of sp³-hybridized carbons (Fsp3) is 0.350. The second-order valence-corrected chi connectivity index (χ2v) is 7.12. The number of allylic oxidation sites excluding steroid dienone is 1. The second kappa shape index (κ2) is 7.02. The molecule has 2 N–H and O–H groups in total. The summed E-state index contributed by atoms with van der Waals surface area (Å²) in [6.07, 6.45) is 2.57. The van der Waals surface area contributed by atoms with Crippen molar-refractivity contribution in [2.24, 2.45) is 0 Å². The number of carbonyl (C=O) groups excluding carboxylic acids is 1. The van der Waals surface area contributed by atoms with Crippen LogP contribution >= 0.6 is 0 Å². The first-order valence-electron chi connectivity index (χ1n) is 9.05. The predicted octanol–water partition coefficient (Wildman–Crippen LogP) is 1.55. The fourth-order valence-corrected chi connectivity index (χ4v) is 3.69. The van der Waals surface area contributed by atoms with Gasteiger partial charge in [0.15, 0.2) is 11.8 Å². The number of nitro groups is 1. The van der Waals surface area contributed by atoms with Crippen LogP contribution in [0.1, 0.15) is 18.4 Å². The molecule has 2 aliphatic heterocycles. The molecule has 1 amide bonds. The summed E-state index contributed by atoms with van der Waals surface area (Å²) in [5, 5.41) is 19.4. The number of benzene rings is 1. The molecule has 1 fully saturated rings. The summed E-state index contributed by atoms with van der Waals surface area (Å²) in [6.45, 7) is 0.364. The van der Waals surface area contributed by atoms with Crippen molar-refractivity contribution in [1.29, 1.82) is 0 Å². The van der Waals surface area contributed by atoms with E-state index in [1.54, 1.807) is 13.3 Å². The summed E-state index contributed by atoms with van der Waals surface area (Å²) < 4.78 is 16.0. The number of hydrogen-bond donors (Lipinski definition) is 0. The molecule has 0 radical (unpaired) electrons. The number of amides is 1. The van der Waals surface area contributed by atoms with E-state index >= 15 is 0 Å². The van der Waals surface area contributed by atoms with Crippen LogP contribution in [0, 0.1) is 10.1 Å². The van der Waals surface area contributed by atoms with Gasteiger partial charge in [0.05, 0.1) is 24.2 Å². The molecule has 3 aliphatic rings. The Hall–Kier alpha value is -3.17. The molecule has 0 aromatic heterocycles. The van der Waals surface area contributed by atoms with E-state index in [2.05, 4.69) is 0 Å². The lowest BCUT2D eigenvalue weighted by molar-refractivity contribution is -0.420. The first kappa shape index (κ1) is 19.2. The van der Waals surface area contributed by atoms with Crippen molar-refractivity contribution in [2.75, 3.05) is 20.8 Å². The monoisotopic (exact) mass is 401 g/mol. The molecule has 1 aromatic rings. The normalized spacial score (nSPS) is 25.7. The van der Waals surface area contributed by atoms with E-state index in [0.29, 0.717) is 13.0 Å². The van der Waals surface area contributed by atoms with E-state index in [4.69, 9.17) is 19.3 Å². The van der Waals surface area contributed by atoms with Gasteiger partial charge in [-0.05, 0) is 23.3 Å². The van der Waals surface area contributed by atoms with Crippen LogP contribution in [-0.4, -0.2) is 53.5 Å². The van der Waals surface area contributed by atoms with Crippen LogP contribution in [-0.2, 0) is 14.3 Å². The minimum Gasteiger partial charge on any atom is -0.594 e. The Morgan fingerprint density at radius 2 is 2.03 bits per heavy atom. The van der Waals surface area contributed by atoms with Crippen LogP contribution in [0.4, 0.5) is 0 Å². The molecule has 9 heteroatoms. The Bertz CT molecular complexity index is 958. The molecule has 29 heavy (non-hydrogen) atoms. The zero-order valence-electron chi connectivity index (χ0n) is 16.0. The molecule has 1 aromatic carbocycles. The molecule has 1 spiro atoms. The first-order valence-corrected chi connectivity index (χ1v) is 9.05. The molecular weight excluding hydrogens is 380 g/mol. The number of nitrogens with zero attached hydrogens (tertiary/aromatic N) is 2. The Balaban J connectivity index is 1.68. The van der Waals surface area contributed by atoms with Gasteiger partial charge >= 0.3 is 0 Å².